The molecule has 0 heterocycles. The highest BCUT2D eigenvalue weighted by Gasteiger charge is 2.38. The number of benzene rings is 1. The van der Waals surface area contributed by atoms with Crippen LogP contribution in [0.3, 0.4) is 0 Å². The van der Waals surface area contributed by atoms with Gasteiger partial charge in [0.15, 0.2) is 0 Å². The number of carboxylic acids is 1. The Labute approximate surface area is 113 Å². The van der Waals surface area contributed by atoms with E-state index in [2.05, 4.69) is 0 Å². The van der Waals surface area contributed by atoms with E-state index in [1.807, 2.05) is 0 Å². The number of hydrogen-bond acceptors (Lipinski definition) is 2. The van der Waals surface area contributed by atoms with Crippen LogP contribution in [0.25, 0.3) is 0 Å². The lowest BCUT2D eigenvalue weighted by molar-refractivity contribution is -0.167. The second-order valence-corrected chi connectivity index (χ2v) is 5.27. The number of rotatable bonds is 2. The first-order valence-corrected chi connectivity index (χ1v) is 5.69. The monoisotopic (exact) mass is 289 g/mol. The van der Waals surface area contributed by atoms with Crippen LogP contribution in [0.5, 0.6) is 0 Å². The van der Waals surface area contributed by atoms with Crippen molar-refractivity contribution in [3.63, 3.8) is 0 Å². The maximum absolute atomic E-state index is 12.2. The van der Waals surface area contributed by atoms with Crippen molar-refractivity contribution in [2.24, 2.45) is 0 Å². The number of carbonyl (C=O) groups is 2. The highest BCUT2D eigenvalue weighted by Crippen LogP contribution is 2.29. The fourth-order valence-corrected chi connectivity index (χ4v) is 1.63. The predicted molar refractivity (Wildman–Crippen MR) is 66.8 cm³/mol. The van der Waals surface area contributed by atoms with E-state index in [-0.39, 0.29) is 11.3 Å². The Morgan fingerprint density at radius 1 is 1.15 bits per heavy atom. The third kappa shape index (κ3) is 3.72. The minimum Gasteiger partial charge on any atom is -0.478 e. The van der Waals surface area contributed by atoms with E-state index in [0.29, 0.717) is 5.56 Å². The molecule has 1 aromatic rings. The molecule has 0 radical (unpaired) electrons. The summed E-state index contributed by atoms with van der Waals surface area (Å²) in [5, 5.41) is 10.8. The lowest BCUT2D eigenvalue weighted by Gasteiger charge is -2.22. The number of anilines is 1. The Morgan fingerprint density at radius 3 is 2.10 bits per heavy atom. The molecule has 1 aromatic carbocycles. The van der Waals surface area contributed by atoms with Gasteiger partial charge in [0, 0.05) is 5.69 Å². The van der Waals surface area contributed by atoms with Crippen LogP contribution in [0.4, 0.5) is 18.9 Å². The van der Waals surface area contributed by atoms with Crippen LogP contribution in [0.2, 0.25) is 0 Å². The molecule has 0 fully saturated rings. The van der Waals surface area contributed by atoms with Crippen molar-refractivity contribution >= 4 is 17.6 Å². The molecule has 1 amide bonds. The maximum atomic E-state index is 12.2. The largest absolute Gasteiger partial charge is 0.478 e. The number of carboxylic acid groups (broad SMARTS) is 1. The molecule has 0 aromatic heterocycles. The van der Waals surface area contributed by atoms with Gasteiger partial charge in [0.05, 0.1) is 5.56 Å². The molecule has 2 N–H and O–H groups in total. The average molecular weight is 289 g/mol. The predicted octanol–water partition coefficient (Wildman–Crippen LogP) is 3.18. The SMILES string of the molecule is CC(C)(C)c1cc(NC(=O)C(F)(F)F)ccc1C(=O)O. The van der Waals surface area contributed by atoms with Crippen LogP contribution in [-0.4, -0.2) is 23.2 Å². The van der Waals surface area contributed by atoms with E-state index in [0.717, 1.165) is 6.07 Å². The third-order valence-corrected chi connectivity index (χ3v) is 2.57. The topological polar surface area (TPSA) is 66.4 Å². The van der Waals surface area contributed by atoms with E-state index in [1.54, 1.807) is 26.1 Å². The first kappa shape index (κ1) is 16.0. The van der Waals surface area contributed by atoms with Crippen LogP contribution >= 0.6 is 0 Å². The minimum absolute atomic E-state index is 0.0116. The van der Waals surface area contributed by atoms with Crippen molar-refractivity contribution < 1.29 is 27.9 Å². The maximum Gasteiger partial charge on any atom is 0.471 e. The van der Waals surface area contributed by atoms with Crippen molar-refractivity contribution in [1.29, 1.82) is 0 Å². The molecule has 0 bridgehead atoms. The molecule has 0 aliphatic rings. The van der Waals surface area contributed by atoms with E-state index in [9.17, 15) is 22.8 Å². The molecule has 20 heavy (non-hydrogen) atoms. The molecule has 4 nitrogen and oxygen atoms in total. The zero-order chi connectivity index (χ0) is 15.7. The summed E-state index contributed by atoms with van der Waals surface area (Å²) in [6.45, 7) is 5.18. The lowest BCUT2D eigenvalue weighted by atomic mass is 9.83. The number of aromatic carboxylic acids is 1. The van der Waals surface area contributed by atoms with Crippen molar-refractivity contribution in [3.05, 3.63) is 29.3 Å². The summed E-state index contributed by atoms with van der Waals surface area (Å²) in [4.78, 5) is 22.0. The Hall–Kier alpha value is -2.05. The number of carbonyl (C=O) groups excluding carboxylic acids is 1. The molecule has 0 saturated carbocycles. The molecular weight excluding hydrogens is 275 g/mol. The van der Waals surface area contributed by atoms with Crippen LogP contribution in [0.15, 0.2) is 18.2 Å². The number of halogens is 3. The average Bonchev–Trinajstić information content (AvgIpc) is 2.26. The van der Waals surface area contributed by atoms with E-state index in [1.165, 1.54) is 12.1 Å². The number of amides is 1. The van der Waals surface area contributed by atoms with E-state index in [4.69, 9.17) is 5.11 Å². The first-order valence-electron chi connectivity index (χ1n) is 5.69. The number of nitrogens with one attached hydrogen (secondary N) is 1. The molecule has 0 unspecified atom stereocenters. The van der Waals surface area contributed by atoms with Gasteiger partial charge in [0.1, 0.15) is 0 Å². The third-order valence-electron chi connectivity index (χ3n) is 2.57. The van der Waals surface area contributed by atoms with Crippen molar-refractivity contribution in [2.45, 2.75) is 32.4 Å². The molecule has 110 valence electrons. The Bertz CT molecular complexity index is 545. The molecule has 0 saturated heterocycles. The normalized spacial score (nSPS) is 12.1. The van der Waals surface area contributed by atoms with Crippen molar-refractivity contribution in [2.75, 3.05) is 5.32 Å². The summed E-state index contributed by atoms with van der Waals surface area (Å²) >= 11 is 0. The summed E-state index contributed by atoms with van der Waals surface area (Å²) in [5.74, 6) is -3.27. The Morgan fingerprint density at radius 2 is 1.70 bits per heavy atom. The van der Waals surface area contributed by atoms with Crippen LogP contribution in [-0.2, 0) is 10.2 Å². The Kier molecular flexibility index (Phi) is 4.12. The second-order valence-electron chi connectivity index (χ2n) is 5.27. The molecular formula is C13H14F3NO3. The highest BCUT2D eigenvalue weighted by molar-refractivity contribution is 5.96. The van der Waals surface area contributed by atoms with Gasteiger partial charge in [-0.25, -0.2) is 4.79 Å². The van der Waals surface area contributed by atoms with Gasteiger partial charge in [-0.05, 0) is 29.2 Å². The second kappa shape index (κ2) is 5.15. The summed E-state index contributed by atoms with van der Waals surface area (Å²) in [5.41, 5.74) is -0.359. The quantitative estimate of drug-likeness (QED) is 0.878. The van der Waals surface area contributed by atoms with Crippen molar-refractivity contribution in [3.8, 4) is 0 Å². The standard InChI is InChI=1S/C13H14F3NO3/c1-12(2,3)9-6-7(4-5-8(9)10(18)19)17-11(20)13(14,15)16/h4-6H,1-3H3,(H,17,20)(H,18,19). The van der Waals surface area contributed by atoms with Gasteiger partial charge in [-0.15, -0.1) is 0 Å². The summed E-state index contributed by atoms with van der Waals surface area (Å²) in [6, 6.07) is 3.55. The van der Waals surface area contributed by atoms with Gasteiger partial charge in [-0.3, -0.25) is 4.79 Å². The zero-order valence-corrected chi connectivity index (χ0v) is 11.1. The summed E-state index contributed by atoms with van der Waals surface area (Å²) < 4.78 is 36.5. The van der Waals surface area contributed by atoms with Gasteiger partial charge >= 0.3 is 18.1 Å². The van der Waals surface area contributed by atoms with Gasteiger partial charge < -0.3 is 10.4 Å². The summed E-state index contributed by atoms with van der Waals surface area (Å²) in [6.07, 6.45) is -4.99. The summed E-state index contributed by atoms with van der Waals surface area (Å²) in [7, 11) is 0. The van der Waals surface area contributed by atoms with Crippen molar-refractivity contribution in [1.82, 2.24) is 0 Å². The fraction of sp³-hybridized carbons (Fsp3) is 0.385. The number of hydrogen-bond donors (Lipinski definition) is 2. The van der Waals surface area contributed by atoms with Gasteiger partial charge in [-0.1, -0.05) is 20.8 Å². The fourth-order valence-electron chi connectivity index (χ4n) is 1.63. The lowest BCUT2D eigenvalue weighted by Crippen LogP contribution is -2.30. The Balaban J connectivity index is 3.21. The van der Waals surface area contributed by atoms with Gasteiger partial charge in [0.2, 0.25) is 0 Å². The zero-order valence-electron chi connectivity index (χ0n) is 11.1. The smallest absolute Gasteiger partial charge is 0.471 e. The number of alkyl halides is 3. The highest BCUT2D eigenvalue weighted by atomic mass is 19.4. The van der Waals surface area contributed by atoms with E-state index < -0.39 is 23.5 Å². The first-order chi connectivity index (χ1) is 8.93. The van der Waals surface area contributed by atoms with Crippen LogP contribution in [0.1, 0.15) is 36.7 Å². The molecule has 0 aliphatic carbocycles. The van der Waals surface area contributed by atoms with Gasteiger partial charge in [-0.2, -0.15) is 13.2 Å². The van der Waals surface area contributed by atoms with E-state index >= 15 is 0 Å². The molecule has 1 rings (SSSR count). The molecule has 0 aliphatic heterocycles. The molecule has 7 heteroatoms. The van der Waals surface area contributed by atoms with Crippen LogP contribution < -0.4 is 5.32 Å². The van der Waals surface area contributed by atoms with Crippen LogP contribution in [0, 0.1) is 0 Å². The molecule has 0 spiro atoms. The molecule has 0 atom stereocenters. The van der Waals surface area contributed by atoms with Gasteiger partial charge in [0.25, 0.3) is 0 Å². The minimum atomic E-state index is -4.99.